The van der Waals surface area contributed by atoms with E-state index in [2.05, 4.69) is 89.8 Å². The van der Waals surface area contributed by atoms with E-state index in [4.69, 9.17) is 4.74 Å². The molecule has 3 nitrogen and oxygen atoms in total. The summed E-state index contributed by atoms with van der Waals surface area (Å²) >= 11 is 0. The SMILES string of the molecule is OC(C1CCCC1)C(c1ccccc1-c1ccccc1)C1CN(Cc2ccccc2)CCO1. The monoisotopic (exact) mass is 441 g/mol. The maximum atomic E-state index is 11.8. The molecule has 0 amide bonds. The van der Waals surface area contributed by atoms with Crippen LogP contribution < -0.4 is 0 Å². The topological polar surface area (TPSA) is 32.7 Å². The molecule has 1 heterocycles. The molecule has 1 N–H and O–H groups in total. The van der Waals surface area contributed by atoms with Crippen LogP contribution in [-0.4, -0.2) is 41.9 Å². The van der Waals surface area contributed by atoms with Crippen LogP contribution >= 0.6 is 0 Å². The summed E-state index contributed by atoms with van der Waals surface area (Å²) in [6.07, 6.45) is 4.26. The molecule has 3 aromatic carbocycles. The van der Waals surface area contributed by atoms with Crippen LogP contribution in [0, 0.1) is 5.92 Å². The fraction of sp³-hybridized carbons (Fsp3) is 0.400. The summed E-state index contributed by atoms with van der Waals surface area (Å²) in [5.74, 6) is 0.315. The molecular weight excluding hydrogens is 406 g/mol. The molecule has 3 aromatic rings. The lowest BCUT2D eigenvalue weighted by molar-refractivity contribution is -0.0745. The Morgan fingerprint density at radius 2 is 1.52 bits per heavy atom. The first kappa shape index (κ1) is 22.3. The number of ether oxygens (including phenoxy) is 1. The zero-order valence-corrected chi connectivity index (χ0v) is 19.4. The van der Waals surface area contributed by atoms with Crippen molar-refractivity contribution < 1.29 is 9.84 Å². The Balaban J connectivity index is 1.47. The minimum atomic E-state index is -0.390. The Labute approximate surface area is 198 Å². The van der Waals surface area contributed by atoms with Crippen LogP contribution in [0.4, 0.5) is 0 Å². The minimum Gasteiger partial charge on any atom is -0.392 e. The van der Waals surface area contributed by atoms with Crippen LogP contribution in [0.5, 0.6) is 0 Å². The van der Waals surface area contributed by atoms with Gasteiger partial charge in [-0.25, -0.2) is 0 Å². The molecule has 5 rings (SSSR count). The normalized spacial score (nSPS) is 21.7. The van der Waals surface area contributed by atoms with E-state index >= 15 is 0 Å². The van der Waals surface area contributed by atoms with Gasteiger partial charge in [-0.2, -0.15) is 0 Å². The van der Waals surface area contributed by atoms with Crippen LogP contribution in [0.15, 0.2) is 84.9 Å². The van der Waals surface area contributed by atoms with Crippen LogP contribution in [0.1, 0.15) is 42.7 Å². The van der Waals surface area contributed by atoms with E-state index in [-0.39, 0.29) is 18.1 Å². The second-order valence-corrected chi connectivity index (χ2v) is 9.64. The molecule has 3 atom stereocenters. The van der Waals surface area contributed by atoms with Gasteiger partial charge < -0.3 is 9.84 Å². The summed E-state index contributed by atoms with van der Waals surface area (Å²) in [4.78, 5) is 2.49. The van der Waals surface area contributed by atoms with E-state index in [0.29, 0.717) is 12.5 Å². The van der Waals surface area contributed by atoms with E-state index in [9.17, 15) is 5.11 Å². The third-order valence-electron chi connectivity index (χ3n) is 7.48. The van der Waals surface area contributed by atoms with Crippen LogP contribution in [0.3, 0.4) is 0 Å². The number of morpholine rings is 1. The van der Waals surface area contributed by atoms with Gasteiger partial charge in [-0.05, 0) is 41.0 Å². The van der Waals surface area contributed by atoms with Crippen molar-refractivity contribution in [3.8, 4) is 11.1 Å². The summed E-state index contributed by atoms with van der Waals surface area (Å²) in [7, 11) is 0. The third kappa shape index (κ3) is 5.22. The third-order valence-corrected chi connectivity index (χ3v) is 7.48. The molecule has 33 heavy (non-hydrogen) atoms. The molecular formula is C30H35NO2. The average molecular weight is 442 g/mol. The average Bonchev–Trinajstić information content (AvgIpc) is 3.41. The molecule has 0 bridgehead atoms. The first-order valence-electron chi connectivity index (χ1n) is 12.5. The molecule has 3 heteroatoms. The van der Waals surface area contributed by atoms with E-state index in [1.54, 1.807) is 0 Å². The van der Waals surface area contributed by atoms with Gasteiger partial charge in [0.25, 0.3) is 0 Å². The number of aliphatic hydroxyl groups is 1. The first-order chi connectivity index (χ1) is 16.3. The van der Waals surface area contributed by atoms with Gasteiger partial charge >= 0.3 is 0 Å². The molecule has 2 aliphatic rings. The van der Waals surface area contributed by atoms with Gasteiger partial charge in [0.2, 0.25) is 0 Å². The van der Waals surface area contributed by atoms with E-state index in [0.717, 1.165) is 32.5 Å². The fourth-order valence-corrected chi connectivity index (χ4v) is 5.80. The standard InChI is InChI=1S/C30H35NO2/c32-30(25-15-7-8-16-25)29(27-18-10-9-17-26(27)24-13-5-2-6-14-24)28-22-31(19-20-33-28)21-23-11-3-1-4-12-23/h1-6,9-14,17-18,25,28-30,32H,7-8,15-16,19-22H2. The summed E-state index contributed by atoms with van der Waals surface area (Å²) < 4.78 is 6.43. The van der Waals surface area contributed by atoms with Gasteiger partial charge in [0, 0.05) is 25.6 Å². The van der Waals surface area contributed by atoms with Crippen molar-refractivity contribution in [3.05, 3.63) is 96.1 Å². The van der Waals surface area contributed by atoms with Gasteiger partial charge in [-0.3, -0.25) is 4.90 Å². The predicted molar refractivity (Wildman–Crippen MR) is 134 cm³/mol. The van der Waals surface area contributed by atoms with Crippen molar-refractivity contribution in [1.29, 1.82) is 0 Å². The smallest absolute Gasteiger partial charge is 0.0796 e. The highest BCUT2D eigenvalue weighted by Crippen LogP contribution is 2.41. The fourth-order valence-electron chi connectivity index (χ4n) is 5.80. The van der Waals surface area contributed by atoms with E-state index in [1.165, 1.54) is 35.1 Å². The number of nitrogens with zero attached hydrogens (tertiary/aromatic N) is 1. The second-order valence-electron chi connectivity index (χ2n) is 9.64. The molecule has 0 radical (unpaired) electrons. The number of aliphatic hydroxyl groups excluding tert-OH is 1. The summed E-state index contributed by atoms with van der Waals surface area (Å²) in [5, 5.41) is 11.8. The molecule has 0 aromatic heterocycles. The molecule has 1 saturated carbocycles. The lowest BCUT2D eigenvalue weighted by Gasteiger charge is -2.41. The van der Waals surface area contributed by atoms with Crippen molar-refractivity contribution in [2.45, 2.75) is 50.4 Å². The molecule has 172 valence electrons. The van der Waals surface area contributed by atoms with Crippen molar-refractivity contribution >= 4 is 0 Å². The van der Waals surface area contributed by atoms with E-state index < -0.39 is 0 Å². The molecule has 2 fully saturated rings. The Bertz CT molecular complexity index is 1000. The summed E-state index contributed by atoms with van der Waals surface area (Å²) in [5.41, 5.74) is 4.96. The molecule has 1 saturated heterocycles. The van der Waals surface area contributed by atoms with Gasteiger partial charge in [-0.15, -0.1) is 0 Å². The zero-order chi connectivity index (χ0) is 22.5. The quantitative estimate of drug-likeness (QED) is 0.496. The van der Waals surface area contributed by atoms with Crippen molar-refractivity contribution in [1.82, 2.24) is 4.90 Å². The molecule has 0 spiro atoms. The highest BCUT2D eigenvalue weighted by atomic mass is 16.5. The van der Waals surface area contributed by atoms with Crippen LogP contribution in [0.25, 0.3) is 11.1 Å². The number of benzene rings is 3. The van der Waals surface area contributed by atoms with Gasteiger partial charge in [0.05, 0.1) is 18.8 Å². The Hall–Kier alpha value is -2.46. The molecule has 3 unspecified atom stereocenters. The van der Waals surface area contributed by atoms with Crippen molar-refractivity contribution in [2.75, 3.05) is 19.7 Å². The summed E-state index contributed by atoms with van der Waals surface area (Å²) in [6, 6.07) is 29.9. The Morgan fingerprint density at radius 3 is 2.27 bits per heavy atom. The number of rotatable bonds is 7. The predicted octanol–water partition coefficient (Wildman–Crippen LogP) is 5.89. The van der Waals surface area contributed by atoms with Gasteiger partial charge in [-0.1, -0.05) is 97.8 Å². The lowest BCUT2D eigenvalue weighted by atomic mass is 9.78. The van der Waals surface area contributed by atoms with Crippen LogP contribution in [-0.2, 0) is 11.3 Å². The minimum absolute atomic E-state index is 0.0251. The van der Waals surface area contributed by atoms with Crippen molar-refractivity contribution in [2.24, 2.45) is 5.92 Å². The lowest BCUT2D eigenvalue weighted by Crippen LogP contribution is -2.48. The maximum absolute atomic E-state index is 11.8. The number of hydrogen-bond donors (Lipinski definition) is 1. The number of hydrogen-bond acceptors (Lipinski definition) is 3. The molecule has 1 aliphatic carbocycles. The maximum Gasteiger partial charge on any atom is 0.0796 e. The van der Waals surface area contributed by atoms with Crippen molar-refractivity contribution in [3.63, 3.8) is 0 Å². The second kappa shape index (κ2) is 10.6. The highest BCUT2D eigenvalue weighted by Gasteiger charge is 2.39. The van der Waals surface area contributed by atoms with E-state index in [1.807, 2.05) is 0 Å². The Kier molecular flexibility index (Phi) is 7.21. The van der Waals surface area contributed by atoms with Crippen LogP contribution in [0.2, 0.25) is 0 Å². The van der Waals surface area contributed by atoms with Gasteiger partial charge in [0.15, 0.2) is 0 Å². The highest BCUT2D eigenvalue weighted by molar-refractivity contribution is 5.68. The largest absolute Gasteiger partial charge is 0.392 e. The summed E-state index contributed by atoms with van der Waals surface area (Å²) in [6.45, 7) is 3.40. The molecule has 1 aliphatic heterocycles. The Morgan fingerprint density at radius 1 is 0.848 bits per heavy atom. The zero-order valence-electron chi connectivity index (χ0n) is 19.4. The first-order valence-corrected chi connectivity index (χ1v) is 12.5. The van der Waals surface area contributed by atoms with Gasteiger partial charge in [0.1, 0.15) is 0 Å².